The first kappa shape index (κ1) is 12.7. The van der Waals surface area contributed by atoms with Crippen molar-refractivity contribution in [1.82, 2.24) is 9.97 Å². The summed E-state index contributed by atoms with van der Waals surface area (Å²) in [4.78, 5) is 8.70. The lowest BCUT2D eigenvalue weighted by Crippen LogP contribution is -2.33. The molecule has 0 bridgehead atoms. The summed E-state index contributed by atoms with van der Waals surface area (Å²) in [5.74, 6) is 2.44. The van der Waals surface area contributed by atoms with Crippen molar-refractivity contribution in [1.29, 1.82) is 0 Å². The number of nitrogens with zero attached hydrogens (tertiary/aromatic N) is 2. The van der Waals surface area contributed by atoms with E-state index in [1.807, 2.05) is 38.2 Å². The van der Waals surface area contributed by atoms with Crippen LogP contribution in [0, 0.1) is 6.92 Å². The van der Waals surface area contributed by atoms with Crippen LogP contribution in [0.3, 0.4) is 0 Å². The molecule has 0 spiro atoms. The van der Waals surface area contributed by atoms with Gasteiger partial charge in [-0.1, -0.05) is 18.2 Å². The maximum absolute atomic E-state index is 5.77. The lowest BCUT2D eigenvalue weighted by Gasteiger charge is -2.26. The fourth-order valence-electron chi connectivity index (χ4n) is 2.38. The van der Waals surface area contributed by atoms with Crippen molar-refractivity contribution >= 4 is 11.8 Å². The van der Waals surface area contributed by atoms with Crippen molar-refractivity contribution in [3.63, 3.8) is 0 Å². The largest absolute Gasteiger partial charge is 0.491 e. The van der Waals surface area contributed by atoms with Crippen LogP contribution in [0.25, 0.3) is 0 Å². The molecule has 0 saturated heterocycles. The van der Waals surface area contributed by atoms with Crippen molar-refractivity contribution in [2.75, 3.05) is 24.3 Å². The fraction of sp³-hybridized carbons (Fsp3) is 0.333. The summed E-state index contributed by atoms with van der Waals surface area (Å²) in [6.45, 7) is 2.61. The first-order valence-electron chi connectivity index (χ1n) is 6.75. The van der Waals surface area contributed by atoms with Crippen LogP contribution in [0.4, 0.5) is 11.8 Å². The van der Waals surface area contributed by atoms with Gasteiger partial charge in [0.25, 0.3) is 0 Å². The van der Waals surface area contributed by atoms with Gasteiger partial charge in [-0.25, -0.2) is 4.98 Å². The number of aromatic nitrogens is 2. The van der Waals surface area contributed by atoms with Gasteiger partial charge in [-0.2, -0.15) is 4.98 Å². The molecule has 1 aromatic heterocycles. The molecule has 1 aromatic carbocycles. The van der Waals surface area contributed by atoms with Crippen LogP contribution >= 0.6 is 0 Å². The second-order valence-corrected chi connectivity index (χ2v) is 4.93. The third-order valence-corrected chi connectivity index (χ3v) is 3.31. The van der Waals surface area contributed by atoms with E-state index in [4.69, 9.17) is 4.74 Å². The molecular formula is C15H18N4O. The van der Waals surface area contributed by atoms with Gasteiger partial charge in [0, 0.05) is 18.8 Å². The third kappa shape index (κ3) is 2.66. The van der Waals surface area contributed by atoms with Gasteiger partial charge in [0.15, 0.2) is 0 Å². The molecule has 104 valence electrons. The Kier molecular flexibility index (Phi) is 3.41. The quantitative estimate of drug-likeness (QED) is 0.895. The van der Waals surface area contributed by atoms with Crippen LogP contribution in [-0.2, 0) is 6.42 Å². The Balaban J connectivity index is 1.75. The van der Waals surface area contributed by atoms with E-state index >= 15 is 0 Å². The Morgan fingerprint density at radius 3 is 2.95 bits per heavy atom. The highest BCUT2D eigenvalue weighted by molar-refractivity contribution is 5.44. The number of nitrogens with one attached hydrogen (secondary N) is 2. The summed E-state index contributed by atoms with van der Waals surface area (Å²) in [5, 5.41) is 6.39. The maximum atomic E-state index is 5.77. The standard InChI is InChI=1S/C15H18N4O/c1-10-7-14(19-15(16-2)17-10)18-12-8-11-5-3-4-6-13(11)20-9-12/h3-7,12H,8-9H2,1-2H3,(H2,16,17,18,19)/t12-/m0/s1. The van der Waals surface area contributed by atoms with E-state index in [0.717, 1.165) is 23.7 Å². The predicted octanol–water partition coefficient (Wildman–Crippen LogP) is 2.24. The molecule has 5 nitrogen and oxygen atoms in total. The predicted molar refractivity (Wildman–Crippen MR) is 79.4 cm³/mol. The minimum absolute atomic E-state index is 0.226. The van der Waals surface area contributed by atoms with Gasteiger partial charge in [0.1, 0.15) is 18.2 Å². The minimum atomic E-state index is 0.226. The van der Waals surface area contributed by atoms with E-state index in [1.165, 1.54) is 5.56 Å². The highest BCUT2D eigenvalue weighted by atomic mass is 16.5. The number of aryl methyl sites for hydroxylation is 1. The van der Waals surface area contributed by atoms with Gasteiger partial charge in [-0.15, -0.1) is 0 Å². The van der Waals surface area contributed by atoms with Gasteiger partial charge < -0.3 is 15.4 Å². The molecule has 2 N–H and O–H groups in total. The Labute approximate surface area is 118 Å². The number of fused-ring (bicyclic) bond motifs is 1. The normalized spacial score (nSPS) is 17.0. The number of benzene rings is 1. The van der Waals surface area contributed by atoms with Crippen molar-refractivity contribution in [2.24, 2.45) is 0 Å². The first-order chi connectivity index (χ1) is 9.74. The zero-order valence-corrected chi connectivity index (χ0v) is 11.7. The number of para-hydroxylation sites is 1. The second kappa shape index (κ2) is 5.36. The Morgan fingerprint density at radius 1 is 1.25 bits per heavy atom. The number of hydrogen-bond donors (Lipinski definition) is 2. The van der Waals surface area contributed by atoms with E-state index in [-0.39, 0.29) is 6.04 Å². The van der Waals surface area contributed by atoms with Gasteiger partial charge in [0.2, 0.25) is 5.95 Å². The Bertz CT molecular complexity index is 615. The monoisotopic (exact) mass is 270 g/mol. The zero-order valence-electron chi connectivity index (χ0n) is 11.7. The van der Waals surface area contributed by atoms with Crippen LogP contribution in [0.2, 0.25) is 0 Å². The minimum Gasteiger partial charge on any atom is -0.491 e. The molecule has 2 heterocycles. The van der Waals surface area contributed by atoms with E-state index in [0.29, 0.717) is 12.6 Å². The van der Waals surface area contributed by atoms with E-state index < -0.39 is 0 Å². The maximum Gasteiger partial charge on any atom is 0.224 e. The average molecular weight is 270 g/mol. The molecule has 5 heteroatoms. The van der Waals surface area contributed by atoms with Gasteiger partial charge in [-0.3, -0.25) is 0 Å². The number of rotatable bonds is 3. The number of anilines is 2. The lowest BCUT2D eigenvalue weighted by atomic mass is 10.0. The van der Waals surface area contributed by atoms with E-state index in [1.54, 1.807) is 0 Å². The average Bonchev–Trinajstić information content (AvgIpc) is 2.46. The molecule has 1 aliphatic rings. The van der Waals surface area contributed by atoms with E-state index in [9.17, 15) is 0 Å². The van der Waals surface area contributed by atoms with Crippen LogP contribution in [-0.4, -0.2) is 29.7 Å². The van der Waals surface area contributed by atoms with Crippen LogP contribution in [0.1, 0.15) is 11.3 Å². The molecule has 20 heavy (non-hydrogen) atoms. The lowest BCUT2D eigenvalue weighted by molar-refractivity contribution is 0.272. The number of hydrogen-bond acceptors (Lipinski definition) is 5. The fourth-order valence-corrected chi connectivity index (χ4v) is 2.38. The number of ether oxygens (including phenoxy) is 1. The van der Waals surface area contributed by atoms with Crippen LogP contribution in [0.5, 0.6) is 5.75 Å². The summed E-state index contributed by atoms with van der Waals surface area (Å²) < 4.78 is 5.77. The molecule has 1 atom stereocenters. The summed E-state index contributed by atoms with van der Waals surface area (Å²) in [6, 6.07) is 10.3. The van der Waals surface area contributed by atoms with Crippen LogP contribution in [0.15, 0.2) is 30.3 Å². The zero-order chi connectivity index (χ0) is 13.9. The van der Waals surface area contributed by atoms with Gasteiger partial charge in [0.05, 0.1) is 6.04 Å². The molecule has 0 fully saturated rings. The van der Waals surface area contributed by atoms with E-state index in [2.05, 4.69) is 26.7 Å². The molecular weight excluding hydrogens is 252 g/mol. The van der Waals surface area contributed by atoms with Crippen molar-refractivity contribution in [2.45, 2.75) is 19.4 Å². The first-order valence-corrected chi connectivity index (χ1v) is 6.75. The smallest absolute Gasteiger partial charge is 0.224 e. The van der Waals surface area contributed by atoms with Crippen molar-refractivity contribution < 1.29 is 4.74 Å². The summed E-state index contributed by atoms with van der Waals surface area (Å²) in [7, 11) is 1.82. The summed E-state index contributed by atoms with van der Waals surface area (Å²) >= 11 is 0. The molecule has 0 radical (unpaired) electrons. The highest BCUT2D eigenvalue weighted by Gasteiger charge is 2.19. The SMILES string of the molecule is CNc1nc(C)cc(N[C@@H]2COc3ccccc3C2)n1. The molecule has 0 aliphatic carbocycles. The Hall–Kier alpha value is -2.30. The second-order valence-electron chi connectivity index (χ2n) is 4.93. The molecule has 2 aromatic rings. The highest BCUT2D eigenvalue weighted by Crippen LogP contribution is 2.25. The molecule has 0 saturated carbocycles. The van der Waals surface area contributed by atoms with Crippen LogP contribution < -0.4 is 15.4 Å². The third-order valence-electron chi connectivity index (χ3n) is 3.31. The summed E-state index contributed by atoms with van der Waals surface area (Å²) in [6.07, 6.45) is 0.939. The summed E-state index contributed by atoms with van der Waals surface area (Å²) in [5.41, 5.74) is 2.17. The van der Waals surface area contributed by atoms with Gasteiger partial charge >= 0.3 is 0 Å². The molecule has 0 unspecified atom stereocenters. The topological polar surface area (TPSA) is 59.1 Å². The molecule has 1 aliphatic heterocycles. The Morgan fingerprint density at radius 2 is 2.10 bits per heavy atom. The molecule has 3 rings (SSSR count). The van der Waals surface area contributed by atoms with Crippen molar-refractivity contribution in [3.8, 4) is 5.75 Å². The van der Waals surface area contributed by atoms with Crippen molar-refractivity contribution in [3.05, 3.63) is 41.6 Å². The molecule has 0 amide bonds. The van der Waals surface area contributed by atoms with Gasteiger partial charge in [-0.05, 0) is 25.0 Å².